The minimum Gasteiger partial charge on any atom is -0.487 e. The van der Waals surface area contributed by atoms with E-state index in [9.17, 15) is 14.7 Å². The molecule has 152 valence electrons. The van der Waals surface area contributed by atoms with E-state index in [1.54, 1.807) is 42.5 Å². The molecular weight excluding hydrogens is 514 g/mol. The van der Waals surface area contributed by atoms with Gasteiger partial charge in [0.05, 0.1) is 8.95 Å². The number of benzene rings is 3. The Balaban J connectivity index is 1.80. The van der Waals surface area contributed by atoms with Gasteiger partial charge in [-0.2, -0.15) is 0 Å². The summed E-state index contributed by atoms with van der Waals surface area (Å²) in [7, 11) is 0. The number of carboxylic acids is 1. The summed E-state index contributed by atoms with van der Waals surface area (Å²) in [6.07, 6.45) is 1.39. The second kappa shape index (κ2) is 10.2. The predicted octanol–water partition coefficient (Wildman–Crippen LogP) is 5.65. The van der Waals surface area contributed by atoms with Gasteiger partial charge in [-0.05, 0) is 73.3 Å². The zero-order valence-electron chi connectivity index (χ0n) is 15.6. The summed E-state index contributed by atoms with van der Waals surface area (Å²) >= 11 is 6.93. The second-order valence-corrected chi connectivity index (χ2v) is 7.98. The van der Waals surface area contributed by atoms with Crippen LogP contribution in [0.4, 0.5) is 0 Å². The molecule has 2 N–H and O–H groups in total. The van der Waals surface area contributed by atoms with Crippen molar-refractivity contribution >= 4 is 49.8 Å². The summed E-state index contributed by atoms with van der Waals surface area (Å²) in [6.45, 7) is 0.390. The summed E-state index contributed by atoms with van der Waals surface area (Å²) < 4.78 is 7.19. The fourth-order valence-electron chi connectivity index (χ4n) is 2.63. The molecule has 0 fully saturated rings. The Hall–Kier alpha value is -2.90. The molecule has 0 heterocycles. The van der Waals surface area contributed by atoms with E-state index in [1.165, 1.54) is 6.08 Å². The third-order valence-corrected chi connectivity index (χ3v) is 5.25. The lowest BCUT2D eigenvalue weighted by Crippen LogP contribution is -2.27. The molecule has 3 rings (SSSR count). The zero-order valence-corrected chi connectivity index (χ0v) is 18.8. The third kappa shape index (κ3) is 5.81. The van der Waals surface area contributed by atoms with Gasteiger partial charge >= 0.3 is 5.97 Å². The molecule has 0 aliphatic rings. The lowest BCUT2D eigenvalue weighted by atomic mass is 10.1. The largest absolute Gasteiger partial charge is 0.487 e. The Bertz CT molecular complexity index is 1060. The fraction of sp³-hybridized carbons (Fsp3) is 0.0435. The maximum atomic E-state index is 12.3. The van der Waals surface area contributed by atoms with Crippen molar-refractivity contribution in [2.75, 3.05) is 0 Å². The van der Waals surface area contributed by atoms with E-state index >= 15 is 0 Å². The molecule has 0 unspecified atom stereocenters. The summed E-state index contributed by atoms with van der Waals surface area (Å²) in [6, 6.07) is 21.6. The lowest BCUT2D eigenvalue weighted by Gasteiger charge is -2.12. The van der Waals surface area contributed by atoms with Crippen LogP contribution in [0, 0.1) is 0 Å². The van der Waals surface area contributed by atoms with E-state index in [0.29, 0.717) is 32.4 Å². The van der Waals surface area contributed by atoms with Gasteiger partial charge in [-0.25, -0.2) is 4.79 Å². The first-order valence-electron chi connectivity index (χ1n) is 8.91. The minimum absolute atomic E-state index is 0.236. The third-order valence-electron chi connectivity index (χ3n) is 4.07. The molecular formula is C23H17Br2NO4. The van der Waals surface area contributed by atoms with Gasteiger partial charge in [0.2, 0.25) is 0 Å². The highest BCUT2D eigenvalue weighted by molar-refractivity contribution is 9.11. The van der Waals surface area contributed by atoms with Crippen LogP contribution in [-0.2, 0) is 11.4 Å². The molecule has 7 heteroatoms. The van der Waals surface area contributed by atoms with Gasteiger partial charge in [-0.15, -0.1) is 0 Å². The minimum atomic E-state index is -1.24. The number of aliphatic carboxylic acids is 1. The average molecular weight is 531 g/mol. The summed E-state index contributed by atoms with van der Waals surface area (Å²) in [4.78, 5) is 23.9. The van der Waals surface area contributed by atoms with Crippen LogP contribution in [0.3, 0.4) is 0 Å². The molecule has 1 amide bonds. The quantitative estimate of drug-likeness (QED) is 0.387. The summed E-state index contributed by atoms with van der Waals surface area (Å²) in [5.41, 5.74) is 1.74. The standard InChI is InChI=1S/C23H17Br2NO4/c24-18-11-16(12-19(25)21(18)30-14-15-7-3-1-4-8-15)13-20(23(28)29)26-22(27)17-9-5-2-6-10-17/h1-13H,14H2,(H,26,27)(H,28,29)/b20-13+. The molecule has 0 bridgehead atoms. The Morgan fingerprint density at radius 3 is 2.07 bits per heavy atom. The Kier molecular flexibility index (Phi) is 7.43. The highest BCUT2D eigenvalue weighted by Gasteiger charge is 2.15. The van der Waals surface area contributed by atoms with Gasteiger partial charge in [-0.3, -0.25) is 4.79 Å². The number of halogens is 2. The van der Waals surface area contributed by atoms with E-state index in [1.807, 2.05) is 30.3 Å². The summed E-state index contributed by atoms with van der Waals surface area (Å²) in [5.74, 6) is -1.14. The molecule has 30 heavy (non-hydrogen) atoms. The van der Waals surface area contributed by atoms with Crippen LogP contribution in [0.2, 0.25) is 0 Å². The maximum Gasteiger partial charge on any atom is 0.352 e. The highest BCUT2D eigenvalue weighted by Crippen LogP contribution is 2.36. The van der Waals surface area contributed by atoms with E-state index in [-0.39, 0.29) is 5.70 Å². The number of hydrogen-bond donors (Lipinski definition) is 2. The van der Waals surface area contributed by atoms with Gasteiger partial charge in [-0.1, -0.05) is 48.5 Å². The smallest absolute Gasteiger partial charge is 0.352 e. The molecule has 0 radical (unpaired) electrons. The van der Waals surface area contributed by atoms with Crippen molar-refractivity contribution < 1.29 is 19.4 Å². The molecule has 0 aliphatic carbocycles. The Labute approximate surface area is 190 Å². The average Bonchev–Trinajstić information content (AvgIpc) is 2.74. The monoisotopic (exact) mass is 529 g/mol. The van der Waals surface area contributed by atoms with Crippen LogP contribution >= 0.6 is 31.9 Å². The van der Waals surface area contributed by atoms with Gasteiger partial charge in [0.25, 0.3) is 5.91 Å². The number of carbonyl (C=O) groups is 2. The molecule has 3 aromatic rings. The fourth-order valence-corrected chi connectivity index (χ4v) is 4.08. The van der Waals surface area contributed by atoms with E-state index in [0.717, 1.165) is 5.56 Å². The molecule has 0 saturated carbocycles. The number of ether oxygens (including phenoxy) is 1. The number of hydrogen-bond acceptors (Lipinski definition) is 3. The van der Waals surface area contributed by atoms with E-state index in [2.05, 4.69) is 37.2 Å². The number of carbonyl (C=O) groups excluding carboxylic acids is 1. The first-order chi connectivity index (χ1) is 14.4. The van der Waals surface area contributed by atoms with Crippen molar-refractivity contribution in [2.45, 2.75) is 6.61 Å². The molecule has 0 spiro atoms. The normalized spacial score (nSPS) is 11.1. The van der Waals surface area contributed by atoms with Gasteiger partial charge < -0.3 is 15.2 Å². The molecule has 3 aromatic carbocycles. The second-order valence-electron chi connectivity index (χ2n) is 6.27. The number of rotatable bonds is 7. The Morgan fingerprint density at radius 1 is 0.933 bits per heavy atom. The molecule has 5 nitrogen and oxygen atoms in total. The van der Waals surface area contributed by atoms with Gasteiger partial charge in [0, 0.05) is 5.56 Å². The molecule has 0 aromatic heterocycles. The topological polar surface area (TPSA) is 75.6 Å². The Morgan fingerprint density at radius 2 is 1.50 bits per heavy atom. The summed E-state index contributed by atoms with van der Waals surface area (Å²) in [5, 5.41) is 11.9. The van der Waals surface area contributed by atoms with Crippen LogP contribution in [-0.4, -0.2) is 17.0 Å². The number of amides is 1. The first-order valence-corrected chi connectivity index (χ1v) is 10.5. The molecule has 0 aliphatic heterocycles. The molecule has 0 atom stereocenters. The van der Waals surface area contributed by atoms with Crippen molar-refractivity contribution in [1.29, 1.82) is 0 Å². The SMILES string of the molecule is O=C(O)/C(=C\c1cc(Br)c(OCc2ccccc2)c(Br)c1)NC(=O)c1ccccc1. The number of nitrogens with one attached hydrogen (secondary N) is 1. The van der Waals surface area contributed by atoms with Crippen LogP contribution in [0.25, 0.3) is 6.08 Å². The lowest BCUT2D eigenvalue weighted by molar-refractivity contribution is -0.132. The highest BCUT2D eigenvalue weighted by atomic mass is 79.9. The van der Waals surface area contributed by atoms with Crippen molar-refractivity contribution in [2.24, 2.45) is 0 Å². The van der Waals surface area contributed by atoms with Crippen molar-refractivity contribution in [3.63, 3.8) is 0 Å². The van der Waals surface area contributed by atoms with Crippen LogP contribution in [0.5, 0.6) is 5.75 Å². The van der Waals surface area contributed by atoms with E-state index in [4.69, 9.17) is 4.74 Å². The van der Waals surface area contributed by atoms with Gasteiger partial charge in [0.1, 0.15) is 18.1 Å². The first kappa shape index (κ1) is 21.8. The molecule has 0 saturated heterocycles. The van der Waals surface area contributed by atoms with Crippen LogP contribution in [0.1, 0.15) is 21.5 Å². The zero-order chi connectivity index (χ0) is 21.5. The van der Waals surface area contributed by atoms with Crippen molar-refractivity contribution in [3.8, 4) is 5.75 Å². The number of carboxylic acid groups (broad SMARTS) is 1. The predicted molar refractivity (Wildman–Crippen MR) is 122 cm³/mol. The van der Waals surface area contributed by atoms with Gasteiger partial charge in [0.15, 0.2) is 0 Å². The maximum absolute atomic E-state index is 12.3. The van der Waals surface area contributed by atoms with Crippen LogP contribution in [0.15, 0.2) is 87.4 Å². The van der Waals surface area contributed by atoms with Crippen LogP contribution < -0.4 is 10.1 Å². The van der Waals surface area contributed by atoms with Crippen molar-refractivity contribution in [1.82, 2.24) is 5.32 Å². The van der Waals surface area contributed by atoms with Crippen molar-refractivity contribution in [3.05, 3.63) is 104 Å². The van der Waals surface area contributed by atoms with E-state index < -0.39 is 11.9 Å².